The van der Waals surface area contributed by atoms with Gasteiger partial charge in [0.2, 0.25) is 5.82 Å². The molecule has 0 aliphatic heterocycles. The maximum absolute atomic E-state index is 5.62. The molecule has 0 bridgehead atoms. The third kappa shape index (κ3) is 3.95. The summed E-state index contributed by atoms with van der Waals surface area (Å²) in [4.78, 5) is 4.33. The zero-order valence-electron chi connectivity index (χ0n) is 12.8. The van der Waals surface area contributed by atoms with Gasteiger partial charge in [-0.25, -0.2) is 0 Å². The fraction of sp³-hybridized carbons (Fsp3) is 0.467. The number of anilines is 1. The van der Waals surface area contributed by atoms with Crippen molar-refractivity contribution >= 4 is 5.69 Å². The number of nitrogens with two attached hydrogens (primary N) is 1. The molecule has 2 rings (SSSR count). The van der Waals surface area contributed by atoms with Gasteiger partial charge < -0.3 is 19.7 Å². The quantitative estimate of drug-likeness (QED) is 0.853. The predicted octanol–water partition coefficient (Wildman–Crippen LogP) is 2.96. The van der Waals surface area contributed by atoms with E-state index in [4.69, 9.17) is 19.7 Å². The largest absolute Gasteiger partial charge is 0.484 e. The van der Waals surface area contributed by atoms with E-state index in [-0.39, 0.29) is 18.1 Å². The highest BCUT2D eigenvalue weighted by atomic mass is 16.5. The van der Waals surface area contributed by atoms with E-state index in [1.165, 1.54) is 0 Å². The lowest BCUT2D eigenvalue weighted by molar-refractivity contribution is 0.00718. The smallest absolute Gasteiger partial charge is 0.264 e. The second-order valence-electron chi connectivity index (χ2n) is 5.89. The molecule has 1 atom stereocenters. The van der Waals surface area contributed by atoms with E-state index in [0.717, 1.165) is 0 Å². The number of rotatable bonds is 5. The second kappa shape index (κ2) is 6.13. The number of aromatic nitrogens is 2. The zero-order chi connectivity index (χ0) is 15.5. The van der Waals surface area contributed by atoms with Crippen LogP contribution in [-0.4, -0.2) is 17.3 Å². The third-order valence-corrected chi connectivity index (χ3v) is 2.98. The second-order valence-corrected chi connectivity index (χ2v) is 5.89. The normalized spacial score (nSPS) is 13.1. The molecular formula is C15H21N3O3. The highest BCUT2D eigenvalue weighted by Gasteiger charge is 2.30. The highest BCUT2D eigenvalue weighted by Crippen LogP contribution is 2.33. The summed E-state index contributed by atoms with van der Waals surface area (Å²) in [5.74, 6) is 1.64. The fourth-order valence-corrected chi connectivity index (χ4v) is 1.99. The molecule has 6 nitrogen and oxygen atoms in total. The van der Waals surface area contributed by atoms with Crippen molar-refractivity contribution in [3.63, 3.8) is 0 Å². The number of ether oxygens (including phenoxy) is 2. The molecule has 6 heteroatoms. The van der Waals surface area contributed by atoms with Crippen LogP contribution < -0.4 is 10.5 Å². The van der Waals surface area contributed by atoms with E-state index in [9.17, 15) is 0 Å². The standard InChI is InChI=1S/C15H21N3O3/c1-15(2,3)13(19-4)14-17-12(21-18-14)9-20-11-7-5-10(16)6-8-11/h5-8,13H,9,16H2,1-4H3. The van der Waals surface area contributed by atoms with Crippen molar-refractivity contribution < 1.29 is 14.0 Å². The van der Waals surface area contributed by atoms with Crippen molar-refractivity contribution in [2.24, 2.45) is 5.41 Å². The van der Waals surface area contributed by atoms with Crippen LogP contribution >= 0.6 is 0 Å². The summed E-state index contributed by atoms with van der Waals surface area (Å²) in [6, 6.07) is 7.13. The molecule has 21 heavy (non-hydrogen) atoms. The Morgan fingerprint density at radius 3 is 2.48 bits per heavy atom. The molecule has 0 aliphatic rings. The summed E-state index contributed by atoms with van der Waals surface area (Å²) in [5, 5.41) is 3.97. The van der Waals surface area contributed by atoms with Crippen LogP contribution in [0.5, 0.6) is 5.75 Å². The van der Waals surface area contributed by atoms with Crippen LogP contribution in [0.1, 0.15) is 38.6 Å². The Balaban J connectivity index is 2.01. The van der Waals surface area contributed by atoms with Crippen molar-refractivity contribution in [3.8, 4) is 5.75 Å². The van der Waals surface area contributed by atoms with E-state index in [2.05, 4.69) is 30.9 Å². The van der Waals surface area contributed by atoms with Crippen LogP contribution in [0.25, 0.3) is 0 Å². The van der Waals surface area contributed by atoms with Crippen molar-refractivity contribution in [2.75, 3.05) is 12.8 Å². The van der Waals surface area contributed by atoms with Gasteiger partial charge in [0, 0.05) is 12.8 Å². The van der Waals surface area contributed by atoms with Crippen molar-refractivity contribution in [2.45, 2.75) is 33.5 Å². The van der Waals surface area contributed by atoms with E-state index < -0.39 is 0 Å². The fourth-order valence-electron chi connectivity index (χ4n) is 1.99. The van der Waals surface area contributed by atoms with Crippen LogP contribution in [0, 0.1) is 5.41 Å². The van der Waals surface area contributed by atoms with Crippen molar-refractivity contribution in [1.29, 1.82) is 0 Å². The maximum atomic E-state index is 5.62. The van der Waals surface area contributed by atoms with Gasteiger partial charge in [-0.15, -0.1) is 0 Å². The van der Waals surface area contributed by atoms with Crippen LogP contribution in [0.3, 0.4) is 0 Å². The van der Waals surface area contributed by atoms with Gasteiger partial charge in [-0.3, -0.25) is 0 Å². The molecule has 2 N–H and O–H groups in total. The Morgan fingerprint density at radius 2 is 1.90 bits per heavy atom. The van der Waals surface area contributed by atoms with Gasteiger partial charge in [0.1, 0.15) is 11.9 Å². The molecule has 0 saturated carbocycles. The van der Waals surface area contributed by atoms with Gasteiger partial charge in [-0.2, -0.15) is 4.98 Å². The summed E-state index contributed by atoms with van der Waals surface area (Å²) in [5.41, 5.74) is 6.19. The zero-order valence-corrected chi connectivity index (χ0v) is 12.8. The Morgan fingerprint density at radius 1 is 1.24 bits per heavy atom. The minimum Gasteiger partial charge on any atom is -0.484 e. The van der Waals surface area contributed by atoms with E-state index in [0.29, 0.717) is 23.2 Å². The van der Waals surface area contributed by atoms with E-state index in [1.807, 2.05) is 0 Å². The predicted molar refractivity (Wildman–Crippen MR) is 78.7 cm³/mol. The Hall–Kier alpha value is -2.08. The molecule has 0 amide bonds. The Kier molecular flexibility index (Phi) is 4.47. The van der Waals surface area contributed by atoms with Gasteiger partial charge >= 0.3 is 0 Å². The minimum atomic E-state index is -0.230. The molecule has 0 spiro atoms. The molecule has 1 aromatic carbocycles. The highest BCUT2D eigenvalue weighted by molar-refractivity contribution is 5.41. The minimum absolute atomic E-state index is 0.117. The molecule has 2 aromatic rings. The van der Waals surface area contributed by atoms with Gasteiger partial charge in [-0.05, 0) is 29.7 Å². The van der Waals surface area contributed by atoms with Gasteiger partial charge in [-0.1, -0.05) is 25.9 Å². The number of methoxy groups -OCH3 is 1. The monoisotopic (exact) mass is 291 g/mol. The number of benzene rings is 1. The molecule has 1 heterocycles. The molecular weight excluding hydrogens is 270 g/mol. The van der Waals surface area contributed by atoms with E-state index >= 15 is 0 Å². The third-order valence-electron chi connectivity index (χ3n) is 2.98. The van der Waals surface area contributed by atoms with Crippen LogP contribution in [0.2, 0.25) is 0 Å². The lowest BCUT2D eigenvalue weighted by Gasteiger charge is -2.26. The number of hydrogen-bond acceptors (Lipinski definition) is 6. The summed E-state index contributed by atoms with van der Waals surface area (Å²) in [7, 11) is 1.64. The topological polar surface area (TPSA) is 83.4 Å². The summed E-state index contributed by atoms with van der Waals surface area (Å²) >= 11 is 0. The molecule has 0 saturated heterocycles. The number of nitrogen functional groups attached to an aromatic ring is 1. The van der Waals surface area contributed by atoms with Gasteiger partial charge in [0.15, 0.2) is 6.61 Å². The molecule has 0 fully saturated rings. The summed E-state index contributed by atoms with van der Waals surface area (Å²) < 4.78 is 16.2. The average molecular weight is 291 g/mol. The lowest BCUT2D eigenvalue weighted by atomic mass is 9.88. The molecule has 1 aromatic heterocycles. The lowest BCUT2D eigenvalue weighted by Crippen LogP contribution is -2.21. The first kappa shape index (κ1) is 15.3. The maximum Gasteiger partial charge on any atom is 0.264 e. The molecule has 0 radical (unpaired) electrons. The van der Waals surface area contributed by atoms with Crippen LogP contribution in [-0.2, 0) is 11.3 Å². The van der Waals surface area contributed by atoms with Crippen LogP contribution in [0.4, 0.5) is 5.69 Å². The number of nitrogens with zero attached hydrogens (tertiary/aromatic N) is 2. The van der Waals surface area contributed by atoms with Gasteiger partial charge in [0.05, 0.1) is 0 Å². The first-order valence-electron chi connectivity index (χ1n) is 6.74. The van der Waals surface area contributed by atoms with E-state index in [1.54, 1.807) is 31.4 Å². The van der Waals surface area contributed by atoms with Gasteiger partial charge in [0.25, 0.3) is 5.89 Å². The number of hydrogen-bond donors (Lipinski definition) is 1. The first-order chi connectivity index (χ1) is 9.90. The molecule has 1 unspecified atom stereocenters. The summed E-state index contributed by atoms with van der Waals surface area (Å²) in [6.45, 7) is 6.38. The molecule has 0 aliphatic carbocycles. The summed E-state index contributed by atoms with van der Waals surface area (Å²) in [6.07, 6.45) is -0.230. The SMILES string of the molecule is COC(c1noc(COc2ccc(N)cc2)n1)C(C)(C)C. The van der Waals surface area contributed by atoms with Crippen molar-refractivity contribution in [3.05, 3.63) is 36.0 Å². The van der Waals surface area contributed by atoms with Crippen molar-refractivity contribution in [1.82, 2.24) is 10.1 Å². The Labute approximate surface area is 124 Å². The first-order valence-corrected chi connectivity index (χ1v) is 6.74. The Bertz CT molecular complexity index is 573. The van der Waals surface area contributed by atoms with Crippen LogP contribution in [0.15, 0.2) is 28.8 Å². The average Bonchev–Trinajstić information content (AvgIpc) is 2.86. The molecule has 114 valence electrons.